The summed E-state index contributed by atoms with van der Waals surface area (Å²) in [7, 11) is 1.59. The molecule has 1 N–H and O–H groups in total. The van der Waals surface area contributed by atoms with Crippen LogP contribution in [0.1, 0.15) is 74.1 Å². The number of nitrogens with zero attached hydrogens (tertiary/aromatic N) is 3. The van der Waals surface area contributed by atoms with Crippen LogP contribution in [0.5, 0.6) is 11.5 Å². The fraction of sp³-hybridized carbons (Fsp3) is 0.286. The zero-order valence-corrected chi connectivity index (χ0v) is 20.2. The number of benzene rings is 2. The third-order valence-electron chi connectivity index (χ3n) is 7.26. The number of hydrogen-bond donors (Lipinski definition) is 1. The largest absolute Gasteiger partial charge is 0.493 e. The first-order chi connectivity index (χ1) is 18.0. The number of fused-ring (bicyclic) bond motifs is 2. The van der Waals surface area contributed by atoms with E-state index in [9.17, 15) is 19.5 Å². The van der Waals surface area contributed by atoms with Crippen LogP contribution in [-0.2, 0) is 6.54 Å². The van der Waals surface area contributed by atoms with Crippen molar-refractivity contribution < 1.29 is 29.0 Å². The molecule has 3 aromatic rings. The number of aliphatic hydroxyl groups is 1. The Hall–Kier alpha value is -4.24. The number of hydrogen-bond acceptors (Lipinski definition) is 7. The number of methoxy groups -OCH3 is 1. The minimum atomic E-state index is -1.43. The Balaban J connectivity index is 1.26. The van der Waals surface area contributed by atoms with Crippen LogP contribution in [0.3, 0.4) is 0 Å². The van der Waals surface area contributed by atoms with Crippen LogP contribution in [0.4, 0.5) is 5.69 Å². The van der Waals surface area contributed by atoms with E-state index in [2.05, 4.69) is 4.98 Å². The number of anilines is 1. The Kier molecular flexibility index (Phi) is 5.64. The summed E-state index contributed by atoms with van der Waals surface area (Å²) in [5.41, 5.74) is 2.45. The van der Waals surface area contributed by atoms with Gasteiger partial charge in [0.15, 0.2) is 17.7 Å². The molecular weight excluding hydrogens is 474 g/mol. The molecule has 6 rings (SSSR count). The Morgan fingerprint density at radius 2 is 1.81 bits per heavy atom. The zero-order valence-electron chi connectivity index (χ0n) is 20.2. The number of carbonyl (C=O) groups is 3. The molecule has 0 spiro atoms. The second-order valence-electron chi connectivity index (χ2n) is 9.44. The topological polar surface area (TPSA) is 109 Å². The number of aromatic nitrogens is 1. The predicted molar refractivity (Wildman–Crippen MR) is 133 cm³/mol. The fourth-order valence-electron chi connectivity index (χ4n) is 5.28. The number of carbonyl (C=O) groups excluding carboxylic acids is 3. The van der Waals surface area contributed by atoms with E-state index in [-0.39, 0.29) is 28.7 Å². The van der Waals surface area contributed by atoms with Crippen LogP contribution in [-0.4, -0.2) is 45.9 Å². The lowest BCUT2D eigenvalue weighted by Gasteiger charge is -2.20. The van der Waals surface area contributed by atoms with Gasteiger partial charge in [-0.3, -0.25) is 19.4 Å². The molecule has 3 heterocycles. The molecule has 1 unspecified atom stereocenters. The lowest BCUT2D eigenvalue weighted by molar-refractivity contribution is 0.0175. The molecular formula is C28H25N3O6. The second kappa shape index (κ2) is 9.01. The molecule has 1 fully saturated rings. The van der Waals surface area contributed by atoms with Crippen molar-refractivity contribution >= 4 is 23.4 Å². The Labute approximate surface area is 213 Å². The summed E-state index contributed by atoms with van der Waals surface area (Å²) in [6.07, 6.45) is 5.77. The van der Waals surface area contributed by atoms with Crippen LogP contribution in [0.2, 0.25) is 0 Å². The van der Waals surface area contributed by atoms with E-state index < -0.39 is 18.0 Å². The molecule has 188 valence electrons. The standard InChI is InChI=1S/C28H25N3O6/c1-36-23-9-8-18(13-24(23)37-19-4-2-3-5-19)30-15-17-7-6-16(12-21(17)26(30)33)25(32)31-27(34)20-10-11-29-14-22(20)28(31)35/h6-14,19,28,35H,2-5,15H2,1H3. The molecule has 37 heavy (non-hydrogen) atoms. The molecule has 1 aromatic heterocycles. The van der Waals surface area contributed by atoms with Gasteiger partial charge in [-0.05, 0) is 61.6 Å². The van der Waals surface area contributed by atoms with Gasteiger partial charge in [-0.25, -0.2) is 4.90 Å². The average molecular weight is 500 g/mol. The SMILES string of the molecule is COc1ccc(N2Cc3ccc(C(=O)N4C(=O)c5ccncc5C4O)cc3C2=O)cc1OC1CCCC1. The maximum absolute atomic E-state index is 13.4. The predicted octanol–water partition coefficient (Wildman–Crippen LogP) is 3.86. The quantitative estimate of drug-likeness (QED) is 0.531. The maximum atomic E-state index is 13.4. The molecule has 3 aliphatic rings. The van der Waals surface area contributed by atoms with E-state index in [0.29, 0.717) is 29.3 Å². The highest BCUT2D eigenvalue weighted by atomic mass is 16.5. The molecule has 2 aliphatic heterocycles. The lowest BCUT2D eigenvalue weighted by Crippen LogP contribution is -2.34. The van der Waals surface area contributed by atoms with Crippen LogP contribution >= 0.6 is 0 Å². The van der Waals surface area contributed by atoms with E-state index in [4.69, 9.17) is 9.47 Å². The first-order valence-electron chi connectivity index (χ1n) is 12.3. The van der Waals surface area contributed by atoms with Gasteiger partial charge < -0.3 is 19.5 Å². The van der Waals surface area contributed by atoms with Gasteiger partial charge in [-0.1, -0.05) is 6.07 Å². The van der Waals surface area contributed by atoms with Crippen molar-refractivity contribution in [3.63, 3.8) is 0 Å². The molecule has 9 heteroatoms. The zero-order chi connectivity index (χ0) is 25.7. The highest BCUT2D eigenvalue weighted by molar-refractivity contribution is 6.15. The van der Waals surface area contributed by atoms with E-state index in [0.717, 1.165) is 36.1 Å². The number of imide groups is 1. The first kappa shape index (κ1) is 23.2. The van der Waals surface area contributed by atoms with Gasteiger partial charge in [0.25, 0.3) is 17.7 Å². The van der Waals surface area contributed by atoms with Crippen LogP contribution in [0, 0.1) is 0 Å². The first-order valence-corrected chi connectivity index (χ1v) is 12.3. The van der Waals surface area contributed by atoms with Crippen LogP contribution in [0.15, 0.2) is 54.9 Å². The van der Waals surface area contributed by atoms with Gasteiger partial charge in [0, 0.05) is 40.8 Å². The molecule has 2 aromatic carbocycles. The van der Waals surface area contributed by atoms with Gasteiger partial charge in [0.2, 0.25) is 0 Å². The van der Waals surface area contributed by atoms with Crippen molar-refractivity contribution in [1.29, 1.82) is 0 Å². The molecule has 3 amide bonds. The Bertz CT molecular complexity index is 1430. The van der Waals surface area contributed by atoms with Crippen molar-refractivity contribution in [3.8, 4) is 11.5 Å². The summed E-state index contributed by atoms with van der Waals surface area (Å²) < 4.78 is 11.7. The van der Waals surface area contributed by atoms with E-state index >= 15 is 0 Å². The van der Waals surface area contributed by atoms with Crippen molar-refractivity contribution in [2.24, 2.45) is 0 Å². The van der Waals surface area contributed by atoms with Crippen LogP contribution in [0.25, 0.3) is 0 Å². The van der Waals surface area contributed by atoms with Gasteiger partial charge in [-0.15, -0.1) is 0 Å². The minimum absolute atomic E-state index is 0.134. The van der Waals surface area contributed by atoms with Crippen LogP contribution < -0.4 is 14.4 Å². The second-order valence-corrected chi connectivity index (χ2v) is 9.44. The average Bonchev–Trinajstić information content (AvgIpc) is 3.61. The normalized spacial score (nSPS) is 18.8. The van der Waals surface area contributed by atoms with E-state index in [1.165, 1.54) is 24.5 Å². The number of rotatable bonds is 5. The summed E-state index contributed by atoms with van der Waals surface area (Å²) in [5, 5.41) is 10.6. The van der Waals surface area contributed by atoms with Gasteiger partial charge >= 0.3 is 0 Å². The molecule has 0 radical (unpaired) electrons. The van der Waals surface area contributed by atoms with Crippen molar-refractivity contribution in [2.75, 3.05) is 12.0 Å². The Morgan fingerprint density at radius 3 is 2.57 bits per heavy atom. The number of pyridine rings is 1. The third kappa shape index (κ3) is 3.82. The number of amides is 3. The molecule has 0 bridgehead atoms. The minimum Gasteiger partial charge on any atom is -0.493 e. The van der Waals surface area contributed by atoms with E-state index in [1.807, 2.05) is 6.07 Å². The van der Waals surface area contributed by atoms with Crippen molar-refractivity contribution in [3.05, 3.63) is 82.7 Å². The number of aliphatic hydroxyl groups excluding tert-OH is 1. The smallest absolute Gasteiger partial charge is 0.263 e. The maximum Gasteiger partial charge on any atom is 0.263 e. The monoisotopic (exact) mass is 499 g/mol. The molecule has 1 atom stereocenters. The molecule has 1 saturated carbocycles. The molecule has 0 saturated heterocycles. The Morgan fingerprint density at radius 1 is 1.00 bits per heavy atom. The van der Waals surface area contributed by atoms with Crippen molar-refractivity contribution in [1.82, 2.24) is 9.88 Å². The summed E-state index contributed by atoms with van der Waals surface area (Å²) in [4.78, 5) is 45.8. The van der Waals surface area contributed by atoms with Crippen molar-refractivity contribution in [2.45, 2.75) is 44.6 Å². The van der Waals surface area contributed by atoms with Gasteiger partial charge in [-0.2, -0.15) is 0 Å². The summed E-state index contributed by atoms with van der Waals surface area (Å²) in [5.74, 6) is -0.335. The summed E-state index contributed by atoms with van der Waals surface area (Å²) in [6, 6.07) is 11.7. The molecule has 9 nitrogen and oxygen atoms in total. The van der Waals surface area contributed by atoms with Gasteiger partial charge in [0.05, 0.1) is 25.3 Å². The summed E-state index contributed by atoms with van der Waals surface area (Å²) >= 11 is 0. The lowest BCUT2D eigenvalue weighted by atomic mass is 10.1. The van der Waals surface area contributed by atoms with E-state index in [1.54, 1.807) is 36.3 Å². The molecule has 1 aliphatic carbocycles. The number of ether oxygens (including phenoxy) is 2. The highest BCUT2D eigenvalue weighted by Gasteiger charge is 2.41. The fourth-order valence-corrected chi connectivity index (χ4v) is 5.28. The summed E-state index contributed by atoms with van der Waals surface area (Å²) in [6.45, 7) is 0.334. The van der Waals surface area contributed by atoms with Gasteiger partial charge in [0.1, 0.15) is 0 Å². The third-order valence-corrected chi connectivity index (χ3v) is 7.26. The highest BCUT2D eigenvalue weighted by Crippen LogP contribution is 2.38.